The average molecular weight is 340 g/mol. The van der Waals surface area contributed by atoms with Crippen LogP contribution in [-0.2, 0) is 11.3 Å². The number of rotatable bonds is 8. The van der Waals surface area contributed by atoms with Crippen molar-refractivity contribution in [1.29, 1.82) is 0 Å². The van der Waals surface area contributed by atoms with Crippen LogP contribution in [0.25, 0.3) is 0 Å². The van der Waals surface area contributed by atoms with Crippen LogP contribution in [0.4, 0.5) is 0 Å². The molecule has 0 aliphatic rings. The fraction of sp³-hybridized carbons (Fsp3) is 0.200. The molecule has 1 unspecified atom stereocenters. The Morgan fingerprint density at radius 2 is 1.50 bits per heavy atom. The largest absolute Gasteiger partial charge is 0.467 e. The Balaban J connectivity index is 1.63. The minimum absolute atomic E-state index is 0.305. The Bertz CT molecular complexity index is 659. The van der Waals surface area contributed by atoms with Crippen LogP contribution in [0.2, 0.25) is 0 Å². The first-order valence-electron chi connectivity index (χ1n) is 7.99. The van der Waals surface area contributed by atoms with Gasteiger partial charge in [0.1, 0.15) is 12.4 Å². The summed E-state index contributed by atoms with van der Waals surface area (Å²) in [5.41, 5.74) is 0. The van der Waals surface area contributed by atoms with Gasteiger partial charge in [0.25, 0.3) is 0 Å². The Morgan fingerprint density at radius 3 is 2.04 bits per heavy atom. The monoisotopic (exact) mass is 340 g/mol. The fourth-order valence-electron chi connectivity index (χ4n) is 2.53. The highest BCUT2D eigenvalue weighted by atomic mass is 31.1. The van der Waals surface area contributed by atoms with Gasteiger partial charge in [-0.05, 0) is 30.7 Å². The van der Waals surface area contributed by atoms with E-state index in [0.717, 1.165) is 5.76 Å². The highest BCUT2D eigenvalue weighted by Crippen LogP contribution is 2.34. The van der Waals surface area contributed by atoms with Crippen molar-refractivity contribution in [3.8, 4) is 0 Å². The van der Waals surface area contributed by atoms with Gasteiger partial charge in [-0.3, -0.25) is 0 Å². The van der Waals surface area contributed by atoms with Crippen molar-refractivity contribution >= 4 is 18.5 Å². The molecule has 124 valence electrons. The summed E-state index contributed by atoms with van der Waals surface area (Å²) in [6.45, 7) is 0.692. The van der Waals surface area contributed by atoms with E-state index in [-0.39, 0.29) is 0 Å². The average Bonchev–Trinajstić information content (AvgIpc) is 3.15. The van der Waals surface area contributed by atoms with Crippen molar-refractivity contribution < 1.29 is 14.3 Å². The molecule has 0 bridgehead atoms. The maximum Gasteiger partial charge on any atom is 0.129 e. The van der Waals surface area contributed by atoms with Gasteiger partial charge in [0, 0.05) is 6.16 Å². The molecule has 1 N–H and O–H groups in total. The maximum absolute atomic E-state index is 10.4. The Morgan fingerprint density at radius 1 is 0.875 bits per heavy atom. The van der Waals surface area contributed by atoms with Crippen molar-refractivity contribution in [1.82, 2.24) is 0 Å². The SMILES string of the molecule is OC(COCc1ccco1)CP(c1ccccc1)c1ccccc1. The van der Waals surface area contributed by atoms with Gasteiger partial charge in [-0.25, -0.2) is 0 Å². The van der Waals surface area contributed by atoms with Gasteiger partial charge in [0.15, 0.2) is 0 Å². The number of hydrogen-bond acceptors (Lipinski definition) is 3. The van der Waals surface area contributed by atoms with Crippen LogP contribution in [0.1, 0.15) is 5.76 Å². The molecule has 4 heteroatoms. The topological polar surface area (TPSA) is 42.6 Å². The van der Waals surface area contributed by atoms with Crippen molar-refractivity contribution in [3.63, 3.8) is 0 Å². The van der Waals surface area contributed by atoms with E-state index in [9.17, 15) is 5.11 Å². The molecule has 3 rings (SSSR count). The molecule has 0 spiro atoms. The second-order valence-electron chi connectivity index (χ2n) is 5.53. The van der Waals surface area contributed by atoms with E-state index in [2.05, 4.69) is 24.3 Å². The molecule has 2 aromatic carbocycles. The number of aliphatic hydroxyl groups excluding tert-OH is 1. The first kappa shape index (κ1) is 16.9. The van der Waals surface area contributed by atoms with Crippen LogP contribution in [0, 0.1) is 0 Å². The molecule has 1 aromatic heterocycles. The Kier molecular flexibility index (Phi) is 6.20. The van der Waals surface area contributed by atoms with Crippen LogP contribution in [-0.4, -0.2) is 24.0 Å². The molecule has 3 nitrogen and oxygen atoms in total. The van der Waals surface area contributed by atoms with E-state index in [1.807, 2.05) is 48.5 Å². The van der Waals surface area contributed by atoms with Crippen molar-refractivity contribution in [2.24, 2.45) is 0 Å². The van der Waals surface area contributed by atoms with E-state index in [1.165, 1.54) is 10.6 Å². The lowest BCUT2D eigenvalue weighted by Crippen LogP contribution is -2.25. The standard InChI is InChI=1S/C20H21O3P/c21-17(14-22-15-18-8-7-13-23-18)16-24(19-9-3-1-4-10-19)20-11-5-2-6-12-20/h1-13,17,21H,14-16H2. The quantitative estimate of drug-likeness (QED) is 0.640. The summed E-state index contributed by atoms with van der Waals surface area (Å²) >= 11 is 0. The van der Waals surface area contributed by atoms with E-state index in [4.69, 9.17) is 9.15 Å². The van der Waals surface area contributed by atoms with Gasteiger partial charge >= 0.3 is 0 Å². The van der Waals surface area contributed by atoms with Crippen LogP contribution >= 0.6 is 7.92 Å². The van der Waals surface area contributed by atoms with Gasteiger partial charge in [-0.15, -0.1) is 0 Å². The molecular weight excluding hydrogens is 319 g/mol. The molecule has 24 heavy (non-hydrogen) atoms. The lowest BCUT2D eigenvalue weighted by Gasteiger charge is -2.22. The zero-order valence-corrected chi connectivity index (χ0v) is 14.3. The second kappa shape index (κ2) is 8.79. The lowest BCUT2D eigenvalue weighted by molar-refractivity contribution is 0.0325. The Labute approximate surface area is 143 Å². The predicted octanol–water partition coefficient (Wildman–Crippen LogP) is 3.29. The zero-order valence-electron chi connectivity index (χ0n) is 13.4. The second-order valence-corrected chi connectivity index (χ2v) is 7.78. The van der Waals surface area contributed by atoms with E-state index >= 15 is 0 Å². The summed E-state index contributed by atoms with van der Waals surface area (Å²) < 4.78 is 10.8. The molecule has 1 heterocycles. The van der Waals surface area contributed by atoms with Gasteiger partial charge in [0.05, 0.1) is 19.0 Å². The van der Waals surface area contributed by atoms with E-state index in [1.54, 1.807) is 6.26 Å². The highest BCUT2D eigenvalue weighted by molar-refractivity contribution is 7.73. The van der Waals surface area contributed by atoms with Crippen LogP contribution in [0.5, 0.6) is 0 Å². The number of furan rings is 1. The summed E-state index contributed by atoms with van der Waals surface area (Å²) in [5.74, 6) is 0.774. The summed E-state index contributed by atoms with van der Waals surface area (Å²) in [6.07, 6.45) is 1.80. The molecule has 0 fully saturated rings. The number of aliphatic hydroxyl groups is 1. The minimum Gasteiger partial charge on any atom is -0.467 e. The van der Waals surface area contributed by atoms with Crippen molar-refractivity contribution in [2.75, 3.05) is 12.8 Å². The molecule has 0 saturated heterocycles. The third kappa shape index (κ3) is 4.78. The molecular formula is C20H21O3P. The van der Waals surface area contributed by atoms with Gasteiger partial charge in [-0.1, -0.05) is 60.7 Å². The molecule has 0 radical (unpaired) electrons. The van der Waals surface area contributed by atoms with Crippen LogP contribution in [0.3, 0.4) is 0 Å². The molecule has 0 amide bonds. The van der Waals surface area contributed by atoms with Crippen molar-refractivity contribution in [2.45, 2.75) is 12.7 Å². The number of hydrogen-bond donors (Lipinski definition) is 1. The maximum atomic E-state index is 10.4. The summed E-state index contributed by atoms with van der Waals surface area (Å²) in [5, 5.41) is 13.0. The van der Waals surface area contributed by atoms with Crippen LogP contribution < -0.4 is 10.6 Å². The molecule has 0 saturated carbocycles. The Hall–Kier alpha value is -1.93. The fourth-order valence-corrected chi connectivity index (χ4v) is 4.84. The third-order valence-corrected chi connectivity index (χ3v) is 6.29. The first-order chi connectivity index (χ1) is 11.8. The highest BCUT2D eigenvalue weighted by Gasteiger charge is 2.18. The predicted molar refractivity (Wildman–Crippen MR) is 98.3 cm³/mol. The van der Waals surface area contributed by atoms with Crippen molar-refractivity contribution in [3.05, 3.63) is 84.8 Å². The molecule has 0 aliphatic heterocycles. The smallest absolute Gasteiger partial charge is 0.129 e. The molecule has 1 atom stereocenters. The van der Waals surface area contributed by atoms with E-state index in [0.29, 0.717) is 19.4 Å². The molecule has 0 aliphatic carbocycles. The van der Waals surface area contributed by atoms with Gasteiger partial charge in [0.2, 0.25) is 0 Å². The normalized spacial score (nSPS) is 12.4. The lowest BCUT2D eigenvalue weighted by atomic mass is 10.4. The van der Waals surface area contributed by atoms with Crippen LogP contribution in [0.15, 0.2) is 83.5 Å². The van der Waals surface area contributed by atoms with Gasteiger partial charge in [-0.2, -0.15) is 0 Å². The first-order valence-corrected chi connectivity index (χ1v) is 9.51. The number of benzene rings is 2. The van der Waals surface area contributed by atoms with Gasteiger partial charge < -0.3 is 14.3 Å². The zero-order chi connectivity index (χ0) is 16.6. The minimum atomic E-state index is -0.605. The third-order valence-electron chi connectivity index (χ3n) is 3.66. The summed E-state index contributed by atoms with van der Waals surface area (Å²) in [6, 6.07) is 24.5. The molecule has 3 aromatic rings. The summed E-state index contributed by atoms with van der Waals surface area (Å²) in [7, 11) is -0.605. The number of ether oxygens (including phenoxy) is 1. The summed E-state index contributed by atoms with van der Waals surface area (Å²) in [4.78, 5) is 0. The van der Waals surface area contributed by atoms with E-state index < -0.39 is 14.0 Å².